The molecule has 128 valence electrons. The van der Waals surface area contributed by atoms with Gasteiger partial charge in [0.25, 0.3) is 0 Å². The topological polar surface area (TPSA) is 60.4 Å². The lowest BCUT2D eigenvalue weighted by Gasteiger charge is -2.16. The van der Waals surface area contributed by atoms with Crippen LogP contribution >= 0.6 is 0 Å². The third kappa shape index (κ3) is 3.04. The van der Waals surface area contributed by atoms with E-state index in [1.165, 1.54) is 5.56 Å². The summed E-state index contributed by atoms with van der Waals surface area (Å²) in [4.78, 5) is 0. The minimum Gasteiger partial charge on any atom is -0.493 e. The van der Waals surface area contributed by atoms with Gasteiger partial charge in [0.2, 0.25) is 0 Å². The molecule has 0 radical (unpaired) electrons. The van der Waals surface area contributed by atoms with Crippen molar-refractivity contribution in [2.24, 2.45) is 0 Å². The predicted octanol–water partition coefficient (Wildman–Crippen LogP) is 4.50. The van der Waals surface area contributed by atoms with Crippen molar-refractivity contribution in [1.82, 2.24) is 10.5 Å². The van der Waals surface area contributed by atoms with Crippen molar-refractivity contribution in [1.29, 1.82) is 0 Å². The first-order chi connectivity index (χ1) is 11.5. The quantitative estimate of drug-likeness (QED) is 0.722. The highest BCUT2D eigenvalue weighted by Crippen LogP contribution is 2.31. The third-order valence-electron chi connectivity index (χ3n) is 4.49. The SMILES string of the molecule is COc1cccc2cc([C@H](C)NC[C@H](C)c3c(C)noc3C)oc12. The van der Waals surface area contributed by atoms with Crippen LogP contribution in [0.15, 0.2) is 33.2 Å². The number of methoxy groups -OCH3 is 1. The minimum absolute atomic E-state index is 0.102. The van der Waals surface area contributed by atoms with Crippen molar-refractivity contribution in [2.45, 2.75) is 39.7 Å². The number of benzene rings is 1. The standard InChI is InChI=1S/C19H24N2O3/c1-11(18-13(3)21-24-14(18)4)10-20-12(2)17-9-15-7-6-8-16(22-5)19(15)23-17/h6-9,11-12,20H,10H2,1-5H3/t11-,12-/m0/s1. The minimum atomic E-state index is 0.102. The molecule has 0 aliphatic rings. The Morgan fingerprint density at radius 2 is 2.04 bits per heavy atom. The van der Waals surface area contributed by atoms with E-state index in [2.05, 4.69) is 30.4 Å². The monoisotopic (exact) mass is 328 g/mol. The fraction of sp³-hybridized carbons (Fsp3) is 0.421. The van der Waals surface area contributed by atoms with Gasteiger partial charge in [-0.25, -0.2) is 0 Å². The lowest BCUT2D eigenvalue weighted by atomic mass is 9.99. The summed E-state index contributed by atoms with van der Waals surface area (Å²) in [6, 6.07) is 8.08. The van der Waals surface area contributed by atoms with E-state index in [0.717, 1.165) is 40.5 Å². The van der Waals surface area contributed by atoms with E-state index in [9.17, 15) is 0 Å². The smallest absolute Gasteiger partial charge is 0.176 e. The number of ether oxygens (including phenoxy) is 1. The van der Waals surface area contributed by atoms with Gasteiger partial charge in [0, 0.05) is 17.5 Å². The second-order valence-electron chi connectivity index (χ2n) is 6.30. The van der Waals surface area contributed by atoms with Crippen LogP contribution in [0.2, 0.25) is 0 Å². The Balaban J connectivity index is 1.72. The van der Waals surface area contributed by atoms with Gasteiger partial charge in [-0.05, 0) is 38.8 Å². The maximum absolute atomic E-state index is 6.00. The van der Waals surface area contributed by atoms with Crippen LogP contribution in [0.5, 0.6) is 5.75 Å². The molecule has 0 bridgehead atoms. The summed E-state index contributed by atoms with van der Waals surface area (Å²) in [7, 11) is 1.66. The number of rotatable bonds is 6. The summed E-state index contributed by atoms with van der Waals surface area (Å²) in [6.07, 6.45) is 0. The van der Waals surface area contributed by atoms with Gasteiger partial charge in [-0.2, -0.15) is 0 Å². The highest BCUT2D eigenvalue weighted by atomic mass is 16.5. The molecule has 5 nitrogen and oxygen atoms in total. The van der Waals surface area contributed by atoms with E-state index >= 15 is 0 Å². The van der Waals surface area contributed by atoms with Crippen LogP contribution in [0.3, 0.4) is 0 Å². The average molecular weight is 328 g/mol. The van der Waals surface area contributed by atoms with Gasteiger partial charge in [-0.3, -0.25) is 0 Å². The van der Waals surface area contributed by atoms with Crippen molar-refractivity contribution >= 4 is 11.0 Å². The van der Waals surface area contributed by atoms with Crippen LogP contribution < -0.4 is 10.1 Å². The van der Waals surface area contributed by atoms with Gasteiger partial charge in [-0.1, -0.05) is 24.2 Å². The summed E-state index contributed by atoms with van der Waals surface area (Å²) < 4.78 is 16.6. The molecule has 24 heavy (non-hydrogen) atoms. The number of nitrogens with one attached hydrogen (secondary N) is 1. The summed E-state index contributed by atoms with van der Waals surface area (Å²) in [6.45, 7) is 9.04. The molecule has 3 aromatic rings. The van der Waals surface area contributed by atoms with Crippen LogP contribution in [0.1, 0.15) is 48.6 Å². The summed E-state index contributed by atoms with van der Waals surface area (Å²) in [5.74, 6) is 2.87. The lowest BCUT2D eigenvalue weighted by Crippen LogP contribution is -2.23. The molecule has 2 heterocycles. The van der Waals surface area contributed by atoms with E-state index in [1.54, 1.807) is 7.11 Å². The summed E-state index contributed by atoms with van der Waals surface area (Å²) >= 11 is 0. The molecule has 5 heteroatoms. The molecular weight excluding hydrogens is 304 g/mol. The van der Waals surface area contributed by atoms with Crippen LogP contribution in [0.25, 0.3) is 11.0 Å². The third-order valence-corrected chi connectivity index (χ3v) is 4.49. The average Bonchev–Trinajstić information content (AvgIpc) is 3.15. The highest BCUT2D eigenvalue weighted by Gasteiger charge is 2.19. The molecular formula is C19H24N2O3. The van der Waals surface area contributed by atoms with Crippen LogP contribution in [-0.2, 0) is 0 Å². The number of para-hydroxylation sites is 1. The molecule has 0 aliphatic carbocycles. The Morgan fingerprint density at radius 3 is 2.71 bits per heavy atom. The van der Waals surface area contributed by atoms with Crippen molar-refractivity contribution in [3.8, 4) is 5.75 Å². The van der Waals surface area contributed by atoms with Crippen molar-refractivity contribution in [3.63, 3.8) is 0 Å². The van der Waals surface area contributed by atoms with E-state index in [-0.39, 0.29) is 6.04 Å². The molecule has 2 atom stereocenters. The van der Waals surface area contributed by atoms with Gasteiger partial charge in [0.1, 0.15) is 11.5 Å². The molecule has 0 unspecified atom stereocenters. The number of aryl methyl sites for hydroxylation is 2. The molecule has 3 rings (SSSR count). The number of fused-ring (bicyclic) bond motifs is 1. The zero-order chi connectivity index (χ0) is 17.3. The van der Waals surface area contributed by atoms with E-state index in [4.69, 9.17) is 13.7 Å². The van der Waals surface area contributed by atoms with Gasteiger partial charge < -0.3 is 19.0 Å². The molecule has 0 fully saturated rings. The van der Waals surface area contributed by atoms with Gasteiger partial charge >= 0.3 is 0 Å². The zero-order valence-electron chi connectivity index (χ0n) is 14.8. The fourth-order valence-electron chi connectivity index (χ4n) is 3.18. The fourth-order valence-corrected chi connectivity index (χ4v) is 3.18. The maximum atomic E-state index is 6.00. The van der Waals surface area contributed by atoms with Gasteiger partial charge in [0.15, 0.2) is 11.3 Å². The van der Waals surface area contributed by atoms with E-state index < -0.39 is 0 Å². The Bertz CT molecular complexity index is 815. The first-order valence-electron chi connectivity index (χ1n) is 8.23. The second kappa shape index (κ2) is 6.69. The molecule has 0 spiro atoms. The molecule has 1 N–H and O–H groups in total. The number of furan rings is 1. The molecule has 0 aliphatic heterocycles. The van der Waals surface area contributed by atoms with Gasteiger partial charge in [0.05, 0.1) is 18.8 Å². The first kappa shape index (κ1) is 16.6. The van der Waals surface area contributed by atoms with E-state index in [1.807, 2.05) is 32.0 Å². The van der Waals surface area contributed by atoms with Crippen molar-refractivity contribution < 1.29 is 13.7 Å². The van der Waals surface area contributed by atoms with E-state index in [0.29, 0.717) is 5.92 Å². The van der Waals surface area contributed by atoms with Crippen molar-refractivity contribution in [3.05, 3.63) is 47.0 Å². The Labute approximate surface area is 142 Å². The van der Waals surface area contributed by atoms with Crippen LogP contribution in [0.4, 0.5) is 0 Å². The Kier molecular flexibility index (Phi) is 4.62. The molecule has 0 amide bonds. The molecule has 2 aromatic heterocycles. The predicted molar refractivity (Wildman–Crippen MR) is 93.6 cm³/mol. The Morgan fingerprint density at radius 1 is 1.25 bits per heavy atom. The molecule has 0 saturated heterocycles. The normalized spacial score (nSPS) is 14.0. The summed E-state index contributed by atoms with van der Waals surface area (Å²) in [5.41, 5.74) is 2.94. The molecule has 0 saturated carbocycles. The van der Waals surface area contributed by atoms with Crippen LogP contribution in [0, 0.1) is 13.8 Å². The van der Waals surface area contributed by atoms with Crippen molar-refractivity contribution in [2.75, 3.05) is 13.7 Å². The highest BCUT2D eigenvalue weighted by molar-refractivity contribution is 5.83. The number of hydrogen-bond donors (Lipinski definition) is 1. The number of hydrogen-bond acceptors (Lipinski definition) is 5. The maximum Gasteiger partial charge on any atom is 0.176 e. The zero-order valence-corrected chi connectivity index (χ0v) is 14.8. The second-order valence-corrected chi connectivity index (χ2v) is 6.30. The summed E-state index contributed by atoms with van der Waals surface area (Å²) in [5, 5.41) is 8.62. The lowest BCUT2D eigenvalue weighted by molar-refractivity contribution is 0.389. The van der Waals surface area contributed by atoms with Gasteiger partial charge in [-0.15, -0.1) is 0 Å². The Hall–Kier alpha value is -2.27. The number of nitrogens with zero attached hydrogens (tertiary/aromatic N) is 1. The number of aromatic nitrogens is 1. The largest absolute Gasteiger partial charge is 0.493 e. The first-order valence-corrected chi connectivity index (χ1v) is 8.23. The van der Waals surface area contributed by atoms with Crippen LogP contribution in [-0.4, -0.2) is 18.8 Å². The molecule has 1 aromatic carbocycles.